The van der Waals surface area contributed by atoms with E-state index >= 15 is 0 Å². The maximum Gasteiger partial charge on any atom is 0.127 e. The van der Waals surface area contributed by atoms with Crippen LogP contribution in [-0.2, 0) is 0 Å². The van der Waals surface area contributed by atoms with Crippen molar-refractivity contribution in [1.29, 1.82) is 0 Å². The van der Waals surface area contributed by atoms with Gasteiger partial charge in [-0.1, -0.05) is 79.9 Å². The summed E-state index contributed by atoms with van der Waals surface area (Å²) in [4.78, 5) is 0. The van der Waals surface area contributed by atoms with Crippen molar-refractivity contribution in [2.75, 3.05) is 0 Å². The van der Waals surface area contributed by atoms with Crippen LogP contribution >= 0.6 is 55.1 Å². The number of alkyl halides is 3. The fraction of sp³-hybridized carbons (Fsp3) is 0.167. The molecule has 1 aliphatic rings. The van der Waals surface area contributed by atoms with Crippen LogP contribution in [0.1, 0.15) is 5.56 Å². The molecule has 84 valence electrons. The van der Waals surface area contributed by atoms with Gasteiger partial charge in [0.15, 0.2) is 0 Å². The van der Waals surface area contributed by atoms with Crippen molar-refractivity contribution in [2.45, 2.75) is 8.61 Å². The Balaban J connectivity index is 2.57. The summed E-state index contributed by atoms with van der Waals surface area (Å²) in [6, 6.07) is 9.95. The normalized spacial score (nSPS) is 23.6. The summed E-state index contributed by atoms with van der Waals surface area (Å²) >= 11 is 19.7. The van der Waals surface area contributed by atoms with Crippen molar-refractivity contribution >= 4 is 60.6 Å². The van der Waals surface area contributed by atoms with Gasteiger partial charge < -0.3 is 0 Å². The number of halogens is 4. The molecular weight excluding hydrogens is 375 g/mol. The van der Waals surface area contributed by atoms with Crippen molar-refractivity contribution in [3.05, 3.63) is 53.1 Å². The molecule has 0 bridgehead atoms. The average Bonchev–Trinajstić information content (AvgIpc) is 2.25. The van der Waals surface area contributed by atoms with Crippen LogP contribution in [0.5, 0.6) is 0 Å². The first-order valence-electron chi connectivity index (χ1n) is 4.69. The largest absolute Gasteiger partial charge is 0.127 e. The summed E-state index contributed by atoms with van der Waals surface area (Å²) in [6.45, 7) is 0. The highest BCUT2D eigenvalue weighted by Crippen LogP contribution is 2.50. The molecule has 1 unspecified atom stereocenters. The number of allylic oxidation sites excluding steroid dienone is 4. The van der Waals surface area contributed by atoms with E-state index in [0.717, 1.165) is 11.1 Å². The van der Waals surface area contributed by atoms with Crippen LogP contribution in [0.4, 0.5) is 0 Å². The van der Waals surface area contributed by atoms with Gasteiger partial charge in [0.25, 0.3) is 0 Å². The van der Waals surface area contributed by atoms with Crippen molar-refractivity contribution in [1.82, 2.24) is 0 Å². The third-order valence-electron chi connectivity index (χ3n) is 2.39. The summed E-state index contributed by atoms with van der Waals surface area (Å²) in [5.74, 6) is 0. The molecule has 4 heteroatoms. The zero-order valence-corrected chi connectivity index (χ0v) is 12.8. The van der Waals surface area contributed by atoms with Gasteiger partial charge in [0.05, 0.1) is 5.38 Å². The molecule has 0 aromatic heterocycles. The zero-order chi connectivity index (χ0) is 11.8. The number of rotatable bonds is 1. The number of hydrogen-bond donors (Lipinski definition) is 0. The topological polar surface area (TPSA) is 0 Å². The Morgan fingerprint density at radius 3 is 2.38 bits per heavy atom. The molecule has 0 aliphatic heterocycles. The Morgan fingerprint density at radius 1 is 1.12 bits per heavy atom. The molecule has 0 spiro atoms. The summed E-state index contributed by atoms with van der Waals surface area (Å²) in [5, 5.41) is 0.502. The van der Waals surface area contributed by atoms with E-state index in [0.29, 0.717) is 5.03 Å². The molecule has 1 aromatic rings. The molecule has 0 heterocycles. The molecule has 0 amide bonds. The van der Waals surface area contributed by atoms with Gasteiger partial charge in [-0.25, -0.2) is 0 Å². The minimum atomic E-state index is -0.519. The van der Waals surface area contributed by atoms with E-state index in [-0.39, 0.29) is 5.38 Å². The lowest BCUT2D eigenvalue weighted by molar-refractivity contribution is 1.05. The SMILES string of the molecule is ClC1=C(c2ccccc2)C(Br)(Br)C(Cl)C=C1. The highest BCUT2D eigenvalue weighted by atomic mass is 79.9. The first-order chi connectivity index (χ1) is 7.53. The summed E-state index contributed by atoms with van der Waals surface area (Å²) in [7, 11) is 0. The lowest BCUT2D eigenvalue weighted by atomic mass is 9.97. The lowest BCUT2D eigenvalue weighted by Crippen LogP contribution is -2.28. The summed E-state index contributed by atoms with van der Waals surface area (Å²) in [6.07, 6.45) is 3.70. The van der Waals surface area contributed by atoms with Gasteiger partial charge in [-0.05, 0) is 11.6 Å². The molecule has 0 N–H and O–H groups in total. The van der Waals surface area contributed by atoms with Gasteiger partial charge in [0, 0.05) is 10.6 Å². The van der Waals surface area contributed by atoms with Crippen molar-refractivity contribution in [3.8, 4) is 0 Å². The molecule has 0 saturated carbocycles. The molecule has 0 fully saturated rings. The van der Waals surface area contributed by atoms with Crippen LogP contribution in [0, 0.1) is 0 Å². The Hall–Kier alpha value is 0.240. The van der Waals surface area contributed by atoms with Gasteiger partial charge >= 0.3 is 0 Å². The third kappa shape index (κ3) is 2.26. The van der Waals surface area contributed by atoms with Crippen molar-refractivity contribution in [3.63, 3.8) is 0 Å². The maximum atomic E-state index is 6.24. The second-order valence-corrected chi connectivity index (χ2v) is 7.92. The van der Waals surface area contributed by atoms with Gasteiger partial charge in [-0.15, -0.1) is 11.6 Å². The van der Waals surface area contributed by atoms with Crippen LogP contribution < -0.4 is 0 Å². The predicted molar refractivity (Wildman–Crippen MR) is 78.6 cm³/mol. The van der Waals surface area contributed by atoms with Crippen LogP contribution in [0.2, 0.25) is 0 Å². The number of benzene rings is 1. The van der Waals surface area contributed by atoms with E-state index in [1.807, 2.05) is 42.5 Å². The molecular formula is C12H8Br2Cl2. The first kappa shape index (κ1) is 12.7. The monoisotopic (exact) mass is 380 g/mol. The zero-order valence-electron chi connectivity index (χ0n) is 8.13. The fourth-order valence-corrected chi connectivity index (χ4v) is 3.54. The highest BCUT2D eigenvalue weighted by molar-refractivity contribution is 9.25. The minimum Gasteiger partial charge on any atom is -0.116 e. The standard InChI is InChI=1S/C12H8Br2Cl2/c13-12(14)10(16)7-6-9(15)11(12)8-4-2-1-3-5-8/h1-7,10H. The second kappa shape index (κ2) is 4.85. The molecule has 0 radical (unpaired) electrons. The van der Waals surface area contributed by atoms with E-state index < -0.39 is 3.23 Å². The van der Waals surface area contributed by atoms with Crippen LogP contribution in [-0.4, -0.2) is 8.61 Å². The molecule has 1 aliphatic carbocycles. The van der Waals surface area contributed by atoms with E-state index in [1.165, 1.54) is 0 Å². The van der Waals surface area contributed by atoms with E-state index in [1.54, 1.807) is 0 Å². The fourth-order valence-electron chi connectivity index (χ4n) is 1.61. The highest BCUT2D eigenvalue weighted by Gasteiger charge is 2.39. The molecule has 16 heavy (non-hydrogen) atoms. The third-order valence-corrected chi connectivity index (χ3v) is 5.49. The Labute approximate surface area is 122 Å². The summed E-state index contributed by atoms with van der Waals surface area (Å²) < 4.78 is -0.519. The molecule has 1 aromatic carbocycles. The van der Waals surface area contributed by atoms with Gasteiger partial charge in [-0.3, -0.25) is 0 Å². The van der Waals surface area contributed by atoms with Gasteiger partial charge in [0.2, 0.25) is 0 Å². The second-order valence-electron chi connectivity index (χ2n) is 3.47. The van der Waals surface area contributed by atoms with Crippen molar-refractivity contribution in [2.24, 2.45) is 0 Å². The number of hydrogen-bond acceptors (Lipinski definition) is 0. The van der Waals surface area contributed by atoms with Crippen molar-refractivity contribution < 1.29 is 0 Å². The predicted octanol–water partition coefficient (Wildman–Crippen LogP) is 5.30. The van der Waals surface area contributed by atoms with Crippen LogP contribution in [0.15, 0.2) is 47.5 Å². The lowest BCUT2D eigenvalue weighted by Gasteiger charge is -2.31. The van der Waals surface area contributed by atoms with Crippen LogP contribution in [0.3, 0.4) is 0 Å². The summed E-state index contributed by atoms with van der Waals surface area (Å²) in [5.41, 5.74) is 2.01. The van der Waals surface area contributed by atoms with E-state index in [4.69, 9.17) is 23.2 Å². The molecule has 0 saturated heterocycles. The van der Waals surface area contributed by atoms with Crippen LogP contribution in [0.25, 0.3) is 5.57 Å². The first-order valence-corrected chi connectivity index (χ1v) is 7.09. The maximum absolute atomic E-state index is 6.24. The Morgan fingerprint density at radius 2 is 1.75 bits per heavy atom. The smallest absolute Gasteiger partial charge is 0.116 e. The molecule has 1 atom stereocenters. The Bertz CT molecular complexity index is 449. The Kier molecular flexibility index (Phi) is 3.85. The minimum absolute atomic E-state index is 0.190. The van der Waals surface area contributed by atoms with Gasteiger partial charge in [-0.2, -0.15) is 0 Å². The molecule has 0 nitrogen and oxygen atoms in total. The van der Waals surface area contributed by atoms with E-state index in [9.17, 15) is 0 Å². The van der Waals surface area contributed by atoms with Gasteiger partial charge in [0.1, 0.15) is 3.23 Å². The quantitative estimate of drug-likeness (QED) is 0.578. The molecule has 2 rings (SSSR count). The van der Waals surface area contributed by atoms with E-state index in [2.05, 4.69) is 31.9 Å². The average molecular weight is 383 g/mol.